The number of nitrogens with two attached hydrogens (primary N) is 1. The molecule has 17 nitrogen and oxygen atoms in total. The van der Waals surface area contributed by atoms with E-state index in [0.29, 0.717) is 30.4 Å². The Hall–Kier alpha value is -3.81. The number of tetrazole rings is 1. The number of nitrogens with zero attached hydrogens (tertiary/aromatic N) is 8. The van der Waals surface area contributed by atoms with Crippen LogP contribution in [0.4, 0.5) is 11.8 Å². The molecular weight excluding hydrogens is 548 g/mol. The first-order valence-electron chi connectivity index (χ1n) is 12.1. The maximum absolute atomic E-state index is 10.7. The van der Waals surface area contributed by atoms with Crippen LogP contribution in [-0.4, -0.2) is 99.1 Å². The second-order valence-corrected chi connectivity index (χ2v) is 10.4. The number of ether oxygens (including phenoxy) is 1. The van der Waals surface area contributed by atoms with Gasteiger partial charge in [-0.15, -0.1) is 10.2 Å². The Balaban J connectivity index is 0.000000681. The van der Waals surface area contributed by atoms with Crippen molar-refractivity contribution >= 4 is 33.0 Å². The molecule has 3 aromatic heterocycles. The fourth-order valence-electron chi connectivity index (χ4n) is 4.04. The Morgan fingerprint density at radius 1 is 1.18 bits per heavy atom. The Morgan fingerprint density at radius 3 is 2.50 bits per heavy atom. The Morgan fingerprint density at radius 2 is 1.88 bits per heavy atom. The molecule has 5 atom stereocenters. The lowest BCUT2D eigenvalue weighted by Gasteiger charge is -2.18. The number of aryl methyl sites for hydroxylation is 1. The maximum Gasteiger partial charge on any atom is 0.261 e. The van der Waals surface area contributed by atoms with Crippen LogP contribution in [0.5, 0.6) is 0 Å². The minimum absolute atomic E-state index is 0.116. The standard InChI is InChI=1S/C21H26N10O4.CH4O3S/c1-2-31-28-18(27-29-31)16-14(33)15(34)20(35-16)30-10-23-13-17(22)25-21(26-19(13)30)24-12(9-32)8-11-6-4-3-5-7-11;1-5(2,3)4/h3-7,10,12,14-16,20,32-34H,2,8-9H2,1H3,(H3,22,24,25,26);1H3,(H,2,3,4)/t12-,14-,15+,16-,20+;/m0./s1. The molecule has 7 N–H and O–H groups in total. The van der Waals surface area contributed by atoms with Crippen LogP contribution in [0.1, 0.15) is 30.6 Å². The molecule has 216 valence electrons. The van der Waals surface area contributed by atoms with Crippen LogP contribution >= 0.6 is 0 Å². The topological polar surface area (TPSA) is 250 Å². The first-order valence-corrected chi connectivity index (χ1v) is 14.0. The summed E-state index contributed by atoms with van der Waals surface area (Å²) in [6.07, 6.45) is -1.97. The van der Waals surface area contributed by atoms with Gasteiger partial charge in [0.05, 0.1) is 31.8 Å². The van der Waals surface area contributed by atoms with Gasteiger partial charge in [-0.1, -0.05) is 30.3 Å². The monoisotopic (exact) mass is 578 g/mol. The molecule has 0 spiro atoms. The summed E-state index contributed by atoms with van der Waals surface area (Å²) in [5.41, 5.74) is 7.76. The highest BCUT2D eigenvalue weighted by atomic mass is 32.2. The van der Waals surface area contributed by atoms with Gasteiger partial charge in [-0.3, -0.25) is 9.12 Å². The van der Waals surface area contributed by atoms with Crippen molar-refractivity contribution in [3.05, 3.63) is 48.0 Å². The van der Waals surface area contributed by atoms with E-state index in [2.05, 4.69) is 35.7 Å². The number of fused-ring (bicyclic) bond motifs is 1. The van der Waals surface area contributed by atoms with E-state index in [1.165, 1.54) is 15.7 Å². The third-order valence-electron chi connectivity index (χ3n) is 5.85. The van der Waals surface area contributed by atoms with Gasteiger partial charge in [0.1, 0.15) is 17.7 Å². The molecule has 1 fully saturated rings. The van der Waals surface area contributed by atoms with Gasteiger partial charge in [0.25, 0.3) is 10.1 Å². The van der Waals surface area contributed by atoms with Crippen LogP contribution < -0.4 is 11.1 Å². The summed E-state index contributed by atoms with van der Waals surface area (Å²) in [6, 6.07) is 9.34. The van der Waals surface area contributed by atoms with Crippen LogP contribution in [0.3, 0.4) is 0 Å². The molecule has 0 amide bonds. The van der Waals surface area contributed by atoms with Crippen LogP contribution in [-0.2, 0) is 27.8 Å². The number of nitrogens with one attached hydrogen (secondary N) is 1. The van der Waals surface area contributed by atoms with Gasteiger partial charge < -0.3 is 31.1 Å². The van der Waals surface area contributed by atoms with Crippen LogP contribution in [0.2, 0.25) is 0 Å². The smallest absolute Gasteiger partial charge is 0.261 e. The highest BCUT2D eigenvalue weighted by molar-refractivity contribution is 7.85. The number of aromatic nitrogens is 8. The molecule has 5 rings (SSSR count). The van der Waals surface area contributed by atoms with Crippen molar-refractivity contribution in [3.63, 3.8) is 0 Å². The average molecular weight is 579 g/mol. The van der Waals surface area contributed by atoms with Crippen molar-refractivity contribution in [3.8, 4) is 0 Å². The first-order chi connectivity index (χ1) is 19.0. The van der Waals surface area contributed by atoms with E-state index in [1.54, 1.807) is 0 Å². The second-order valence-electron chi connectivity index (χ2n) is 8.97. The molecule has 0 bridgehead atoms. The molecule has 4 heterocycles. The van der Waals surface area contributed by atoms with Gasteiger partial charge in [0, 0.05) is 0 Å². The highest BCUT2D eigenvalue weighted by Crippen LogP contribution is 2.38. The van der Waals surface area contributed by atoms with Gasteiger partial charge in [-0.05, 0) is 24.1 Å². The fraction of sp³-hybridized carbons (Fsp3) is 0.455. The summed E-state index contributed by atoms with van der Waals surface area (Å²) in [5.74, 6) is 0.460. The van der Waals surface area contributed by atoms with E-state index in [9.17, 15) is 23.7 Å². The van der Waals surface area contributed by atoms with Gasteiger partial charge >= 0.3 is 0 Å². The quantitative estimate of drug-likeness (QED) is 0.136. The number of benzene rings is 1. The third-order valence-corrected chi connectivity index (χ3v) is 5.85. The largest absolute Gasteiger partial charge is 0.394 e. The molecule has 0 unspecified atom stereocenters. The molecule has 40 heavy (non-hydrogen) atoms. The van der Waals surface area contributed by atoms with E-state index in [4.69, 9.17) is 15.0 Å². The SMILES string of the molecule is CCn1nnc([C@H]2O[C@@H](n3cnc4c(N)nc(N[C@H](CO)Cc5ccccc5)nc43)[C@H](O)[C@@H]2O)n1.CS(=O)(=O)O. The first kappa shape index (κ1) is 29.2. The number of anilines is 2. The van der Waals surface area contributed by atoms with Gasteiger partial charge in [0.15, 0.2) is 23.8 Å². The molecule has 1 aromatic carbocycles. The number of hydrogen-bond donors (Lipinski definition) is 6. The number of rotatable bonds is 8. The minimum atomic E-state index is -3.67. The van der Waals surface area contributed by atoms with Gasteiger partial charge in [0.2, 0.25) is 11.8 Å². The molecular formula is C22H30N10O7S. The lowest BCUT2D eigenvalue weighted by atomic mass is 10.1. The molecule has 0 saturated carbocycles. The molecule has 18 heteroatoms. The summed E-state index contributed by atoms with van der Waals surface area (Å²) in [7, 11) is -3.67. The van der Waals surface area contributed by atoms with Crippen LogP contribution in [0, 0.1) is 0 Å². The lowest BCUT2D eigenvalue weighted by molar-refractivity contribution is -0.0384. The van der Waals surface area contributed by atoms with Crippen molar-refractivity contribution in [2.24, 2.45) is 0 Å². The molecule has 0 aliphatic carbocycles. The molecule has 1 aliphatic heterocycles. The van der Waals surface area contributed by atoms with Crippen molar-refractivity contribution in [2.45, 2.75) is 50.5 Å². The second kappa shape index (κ2) is 12.1. The summed E-state index contributed by atoms with van der Waals surface area (Å²) in [6.45, 7) is 2.20. The number of aliphatic hydroxyl groups is 3. The Labute approximate surface area is 228 Å². The Bertz CT molecular complexity index is 1520. The number of hydrogen-bond acceptors (Lipinski definition) is 14. The van der Waals surface area contributed by atoms with E-state index in [0.717, 1.165) is 5.56 Å². The Kier molecular flexibility index (Phi) is 8.86. The zero-order valence-corrected chi connectivity index (χ0v) is 22.4. The summed E-state index contributed by atoms with van der Waals surface area (Å²) in [4.78, 5) is 14.4. The highest BCUT2D eigenvalue weighted by Gasteiger charge is 2.47. The predicted molar refractivity (Wildman–Crippen MR) is 140 cm³/mol. The summed E-state index contributed by atoms with van der Waals surface area (Å²) < 4.78 is 33.3. The van der Waals surface area contributed by atoms with Gasteiger partial charge in [-0.25, -0.2) is 4.98 Å². The lowest BCUT2D eigenvalue weighted by Crippen LogP contribution is -2.29. The fourth-order valence-corrected chi connectivity index (χ4v) is 4.04. The normalized spacial score (nSPS) is 21.6. The zero-order valence-electron chi connectivity index (χ0n) is 21.5. The van der Waals surface area contributed by atoms with Crippen molar-refractivity contribution in [2.75, 3.05) is 23.9 Å². The summed E-state index contributed by atoms with van der Waals surface area (Å²) >= 11 is 0. The summed E-state index contributed by atoms with van der Waals surface area (Å²) in [5, 5.41) is 46.3. The molecule has 0 radical (unpaired) electrons. The van der Waals surface area contributed by atoms with Crippen molar-refractivity contribution < 1.29 is 33.0 Å². The molecule has 1 aliphatic rings. The number of aliphatic hydroxyl groups excluding tert-OH is 3. The van der Waals surface area contributed by atoms with Crippen LogP contribution in [0.25, 0.3) is 11.2 Å². The zero-order chi connectivity index (χ0) is 29.0. The predicted octanol–water partition coefficient (Wildman–Crippen LogP) is -1.07. The number of nitrogen functional groups attached to an aromatic ring is 1. The maximum atomic E-state index is 10.7. The number of imidazole rings is 1. The third kappa shape index (κ3) is 6.84. The van der Waals surface area contributed by atoms with E-state index in [1.807, 2.05) is 37.3 Å². The average Bonchev–Trinajstić information content (AvgIpc) is 3.62. The van der Waals surface area contributed by atoms with Crippen molar-refractivity contribution in [1.29, 1.82) is 0 Å². The molecule has 4 aromatic rings. The molecule has 1 saturated heterocycles. The van der Waals surface area contributed by atoms with Crippen molar-refractivity contribution in [1.82, 2.24) is 39.7 Å². The van der Waals surface area contributed by atoms with E-state index < -0.39 is 34.7 Å². The van der Waals surface area contributed by atoms with E-state index in [-0.39, 0.29) is 30.2 Å². The van der Waals surface area contributed by atoms with Crippen LogP contribution in [0.15, 0.2) is 36.7 Å². The minimum Gasteiger partial charge on any atom is -0.394 e. The van der Waals surface area contributed by atoms with E-state index >= 15 is 0 Å². The van der Waals surface area contributed by atoms with Gasteiger partial charge in [-0.2, -0.15) is 23.2 Å².